The molecule has 9 nitrogen and oxygen atoms in total. The molecular formula is C28H46N4O5S. The number of likely N-dealkylation sites (tertiary alicyclic amines) is 2. The number of nitrogens with zero attached hydrogens (tertiary/aromatic N) is 4. The van der Waals surface area contributed by atoms with Crippen molar-refractivity contribution in [2.75, 3.05) is 73.7 Å². The fourth-order valence-electron chi connectivity index (χ4n) is 5.92. The Bertz CT molecular complexity index is 1050. The van der Waals surface area contributed by atoms with Crippen molar-refractivity contribution in [3.8, 4) is 5.75 Å². The molecular weight excluding hydrogens is 504 g/mol. The van der Waals surface area contributed by atoms with Crippen molar-refractivity contribution in [3.63, 3.8) is 0 Å². The van der Waals surface area contributed by atoms with Crippen LogP contribution in [0.3, 0.4) is 0 Å². The zero-order valence-corrected chi connectivity index (χ0v) is 24.6. The molecule has 1 atom stereocenters. The molecule has 2 saturated heterocycles. The maximum Gasteiger partial charge on any atom is 0.248 e. The molecule has 1 amide bonds. The lowest BCUT2D eigenvalue weighted by atomic mass is 10.0. The summed E-state index contributed by atoms with van der Waals surface area (Å²) in [5.74, 6) is 1.53. The first-order valence-corrected chi connectivity index (χ1v) is 15.5. The molecule has 0 unspecified atom stereocenters. The fourth-order valence-corrected chi connectivity index (χ4v) is 7.48. The molecule has 0 N–H and O–H groups in total. The minimum Gasteiger partial charge on any atom is -0.497 e. The molecule has 1 saturated carbocycles. The number of hydrogen-bond donors (Lipinski definition) is 0. The average molecular weight is 551 g/mol. The van der Waals surface area contributed by atoms with E-state index in [1.807, 2.05) is 11.9 Å². The Kier molecular flexibility index (Phi) is 9.73. The standard InChI is InChI=1S/C28H46N4O5S/c1-21-16-26(36-5)17-22(2)28(21)38(34,35)29(3)14-15-37-20-27(33)30(4)25-10-13-32(19-25)24-8-11-31(12-9-24)18-23-6-7-23/h16-17,23-25H,6-15,18-20H2,1-5H3/t25-/m0/s1. The number of ether oxygens (including phenoxy) is 2. The van der Waals surface area contributed by atoms with Crippen LogP contribution in [0.5, 0.6) is 5.75 Å². The molecule has 10 heteroatoms. The maximum atomic E-state index is 13.2. The Labute approximate surface area is 229 Å². The molecule has 1 aliphatic carbocycles. The van der Waals surface area contributed by atoms with Crippen molar-refractivity contribution >= 4 is 15.9 Å². The number of hydrogen-bond acceptors (Lipinski definition) is 7. The smallest absolute Gasteiger partial charge is 0.248 e. The van der Waals surface area contributed by atoms with Gasteiger partial charge in [0.1, 0.15) is 12.4 Å². The van der Waals surface area contributed by atoms with Crippen LogP contribution in [-0.4, -0.2) is 119 Å². The second-order valence-corrected chi connectivity index (χ2v) is 13.4. The van der Waals surface area contributed by atoms with Gasteiger partial charge in [-0.05, 0) is 88.2 Å². The van der Waals surface area contributed by atoms with Gasteiger partial charge in [-0.15, -0.1) is 0 Å². The van der Waals surface area contributed by atoms with E-state index < -0.39 is 10.0 Å². The van der Waals surface area contributed by atoms with Crippen molar-refractivity contribution in [1.29, 1.82) is 0 Å². The fraction of sp³-hybridized carbons (Fsp3) is 0.750. The van der Waals surface area contributed by atoms with Gasteiger partial charge >= 0.3 is 0 Å². The van der Waals surface area contributed by atoms with Crippen LogP contribution < -0.4 is 4.74 Å². The van der Waals surface area contributed by atoms with Gasteiger partial charge in [0, 0.05) is 52.4 Å². The summed E-state index contributed by atoms with van der Waals surface area (Å²) in [6.45, 7) is 9.48. The summed E-state index contributed by atoms with van der Waals surface area (Å²) in [4.78, 5) is 20.1. The minimum absolute atomic E-state index is 0.0406. The van der Waals surface area contributed by atoms with E-state index >= 15 is 0 Å². The van der Waals surface area contributed by atoms with Gasteiger partial charge in [-0.25, -0.2) is 8.42 Å². The van der Waals surface area contributed by atoms with E-state index in [1.54, 1.807) is 40.1 Å². The van der Waals surface area contributed by atoms with Crippen molar-refractivity contribution in [2.24, 2.45) is 5.92 Å². The SMILES string of the molecule is COc1cc(C)c(S(=O)(=O)N(C)CCOCC(=O)N(C)[C@H]2CCN(C3CCN(CC4CC4)CC3)C2)c(C)c1. The summed E-state index contributed by atoms with van der Waals surface area (Å²) in [5, 5.41) is 0. The van der Waals surface area contributed by atoms with Crippen LogP contribution in [0.15, 0.2) is 17.0 Å². The molecule has 38 heavy (non-hydrogen) atoms. The monoisotopic (exact) mass is 550 g/mol. The Morgan fingerprint density at radius 2 is 1.68 bits per heavy atom. The molecule has 0 aromatic heterocycles. The Balaban J connectivity index is 1.18. The zero-order chi connectivity index (χ0) is 27.4. The molecule has 2 heterocycles. The van der Waals surface area contributed by atoms with E-state index in [1.165, 1.54) is 49.6 Å². The van der Waals surface area contributed by atoms with E-state index in [9.17, 15) is 13.2 Å². The number of methoxy groups -OCH3 is 1. The number of aryl methyl sites for hydroxylation is 2. The molecule has 1 aromatic rings. The van der Waals surface area contributed by atoms with Crippen LogP contribution in [0.2, 0.25) is 0 Å². The number of carbonyl (C=O) groups excluding carboxylic acids is 1. The third-order valence-electron chi connectivity index (χ3n) is 8.54. The first kappa shape index (κ1) is 29.3. The van der Waals surface area contributed by atoms with E-state index in [2.05, 4.69) is 9.80 Å². The second kappa shape index (κ2) is 12.6. The van der Waals surface area contributed by atoms with Crippen LogP contribution >= 0.6 is 0 Å². The van der Waals surface area contributed by atoms with Crippen LogP contribution in [0, 0.1) is 19.8 Å². The number of likely N-dealkylation sites (N-methyl/N-ethyl adjacent to an activating group) is 2. The van der Waals surface area contributed by atoms with Crippen LogP contribution in [-0.2, 0) is 19.6 Å². The molecule has 2 aliphatic heterocycles. The molecule has 214 valence electrons. The first-order chi connectivity index (χ1) is 18.1. The lowest BCUT2D eigenvalue weighted by Crippen LogP contribution is -2.46. The highest BCUT2D eigenvalue weighted by Crippen LogP contribution is 2.31. The largest absolute Gasteiger partial charge is 0.497 e. The van der Waals surface area contributed by atoms with Gasteiger partial charge in [-0.1, -0.05) is 0 Å². The number of carbonyl (C=O) groups is 1. The summed E-state index contributed by atoms with van der Waals surface area (Å²) < 4.78 is 38.5. The predicted molar refractivity (Wildman–Crippen MR) is 148 cm³/mol. The predicted octanol–water partition coefficient (Wildman–Crippen LogP) is 2.36. The van der Waals surface area contributed by atoms with Crippen LogP contribution in [0.4, 0.5) is 0 Å². The Morgan fingerprint density at radius 1 is 1.03 bits per heavy atom. The van der Waals surface area contributed by atoms with Crippen LogP contribution in [0.25, 0.3) is 0 Å². The molecule has 3 fully saturated rings. The average Bonchev–Trinajstić information content (AvgIpc) is 3.56. The summed E-state index contributed by atoms with van der Waals surface area (Å²) >= 11 is 0. The third kappa shape index (κ3) is 7.07. The maximum absolute atomic E-state index is 13.2. The minimum atomic E-state index is -3.69. The summed E-state index contributed by atoms with van der Waals surface area (Å²) in [6, 6.07) is 4.28. The Morgan fingerprint density at radius 3 is 2.29 bits per heavy atom. The molecule has 1 aromatic carbocycles. The van der Waals surface area contributed by atoms with Gasteiger partial charge in [-0.2, -0.15) is 4.31 Å². The van der Waals surface area contributed by atoms with Crippen molar-refractivity contribution < 1.29 is 22.7 Å². The van der Waals surface area contributed by atoms with Gasteiger partial charge in [0.15, 0.2) is 0 Å². The van der Waals surface area contributed by atoms with Crippen LogP contribution in [0.1, 0.15) is 43.2 Å². The molecule has 0 bridgehead atoms. The lowest BCUT2D eigenvalue weighted by molar-refractivity contribution is -0.136. The number of amides is 1. The first-order valence-electron chi connectivity index (χ1n) is 14.0. The number of rotatable bonds is 12. The molecule has 0 spiro atoms. The van der Waals surface area contributed by atoms with Crippen molar-refractivity contribution in [3.05, 3.63) is 23.3 Å². The van der Waals surface area contributed by atoms with E-state index in [4.69, 9.17) is 9.47 Å². The number of benzene rings is 1. The van der Waals surface area contributed by atoms with E-state index in [-0.39, 0.29) is 36.6 Å². The Hall–Kier alpha value is -1.72. The van der Waals surface area contributed by atoms with Gasteiger partial charge in [0.25, 0.3) is 0 Å². The van der Waals surface area contributed by atoms with Gasteiger partial charge < -0.3 is 19.3 Å². The van der Waals surface area contributed by atoms with Gasteiger partial charge in [0.2, 0.25) is 15.9 Å². The third-order valence-corrected chi connectivity index (χ3v) is 10.7. The molecule has 3 aliphatic rings. The highest BCUT2D eigenvalue weighted by Gasteiger charge is 2.34. The van der Waals surface area contributed by atoms with Crippen molar-refractivity contribution in [1.82, 2.24) is 19.0 Å². The van der Waals surface area contributed by atoms with Gasteiger partial charge in [-0.3, -0.25) is 9.69 Å². The number of piperidine rings is 1. The highest BCUT2D eigenvalue weighted by molar-refractivity contribution is 7.89. The summed E-state index contributed by atoms with van der Waals surface area (Å²) in [6.07, 6.45) is 6.28. The molecule has 4 rings (SSSR count). The van der Waals surface area contributed by atoms with E-state index in [0.29, 0.717) is 22.9 Å². The number of sulfonamides is 1. The zero-order valence-electron chi connectivity index (χ0n) is 23.8. The topological polar surface area (TPSA) is 82.6 Å². The van der Waals surface area contributed by atoms with Gasteiger partial charge in [0.05, 0.1) is 18.6 Å². The normalized spacial score (nSPS) is 21.8. The summed E-state index contributed by atoms with van der Waals surface area (Å²) in [5.41, 5.74) is 1.28. The second-order valence-electron chi connectivity index (χ2n) is 11.4. The van der Waals surface area contributed by atoms with Crippen molar-refractivity contribution in [2.45, 2.75) is 62.9 Å². The molecule has 0 radical (unpaired) electrons. The lowest BCUT2D eigenvalue weighted by Gasteiger charge is -2.37. The summed E-state index contributed by atoms with van der Waals surface area (Å²) in [7, 11) is 1.28. The quantitative estimate of drug-likeness (QED) is 0.370. The highest BCUT2D eigenvalue weighted by atomic mass is 32.2. The van der Waals surface area contributed by atoms with E-state index in [0.717, 1.165) is 25.4 Å².